The molecule has 0 atom stereocenters. The van der Waals surface area contributed by atoms with Gasteiger partial charge in [-0.1, -0.05) is 15.9 Å². The number of carboxylic acid groups (broad SMARTS) is 1. The van der Waals surface area contributed by atoms with Gasteiger partial charge in [0.1, 0.15) is 12.1 Å². The molecule has 0 spiro atoms. The Hall–Kier alpha value is -3.26. The van der Waals surface area contributed by atoms with E-state index in [2.05, 4.69) is 31.2 Å². The lowest BCUT2D eigenvalue weighted by Gasteiger charge is -2.15. The van der Waals surface area contributed by atoms with Gasteiger partial charge in [0, 0.05) is 16.1 Å². The average molecular weight is 428 g/mol. The Morgan fingerprint density at radius 3 is 2.78 bits per heavy atom. The molecule has 4 rings (SSSR count). The smallest absolute Gasteiger partial charge is 0.337 e. The van der Waals surface area contributed by atoms with Crippen LogP contribution in [0.15, 0.2) is 63.9 Å². The summed E-state index contributed by atoms with van der Waals surface area (Å²) in [6.45, 7) is 0. The number of halogens is 2. The molecule has 27 heavy (non-hydrogen) atoms. The molecule has 0 aliphatic heterocycles. The monoisotopic (exact) mass is 427 g/mol. The molecule has 0 saturated heterocycles. The van der Waals surface area contributed by atoms with Gasteiger partial charge in [0.05, 0.1) is 34.2 Å². The maximum Gasteiger partial charge on any atom is 0.337 e. The number of hydrogen-bond acceptors (Lipinski definition) is 5. The van der Waals surface area contributed by atoms with Crippen LogP contribution >= 0.6 is 15.9 Å². The Morgan fingerprint density at radius 2 is 2.04 bits per heavy atom. The second-order valence-electron chi connectivity index (χ2n) is 5.67. The lowest BCUT2D eigenvalue weighted by Crippen LogP contribution is -2.05. The van der Waals surface area contributed by atoms with Crippen molar-refractivity contribution in [2.45, 2.75) is 0 Å². The van der Waals surface area contributed by atoms with Crippen molar-refractivity contribution < 1.29 is 18.7 Å². The predicted octanol–water partition coefficient (Wildman–Crippen LogP) is 5.23. The van der Waals surface area contributed by atoms with Crippen LogP contribution in [0.5, 0.6) is 0 Å². The largest absolute Gasteiger partial charge is 0.478 e. The van der Waals surface area contributed by atoms with E-state index in [0.29, 0.717) is 22.7 Å². The van der Waals surface area contributed by atoms with Gasteiger partial charge < -0.3 is 14.8 Å². The number of fused-ring (bicyclic) bond motifs is 1. The van der Waals surface area contributed by atoms with E-state index >= 15 is 0 Å². The highest BCUT2D eigenvalue weighted by atomic mass is 79.9. The summed E-state index contributed by atoms with van der Waals surface area (Å²) >= 11 is 3.43. The summed E-state index contributed by atoms with van der Waals surface area (Å²) in [5.74, 6) is -1.55. The number of rotatable bonds is 4. The Kier molecular flexibility index (Phi) is 4.33. The highest BCUT2D eigenvalue weighted by Crippen LogP contribution is 2.37. The van der Waals surface area contributed by atoms with E-state index in [1.807, 2.05) is 18.2 Å². The fourth-order valence-electron chi connectivity index (χ4n) is 2.76. The summed E-state index contributed by atoms with van der Waals surface area (Å²) < 4.78 is 19.7. The molecule has 8 heteroatoms. The summed E-state index contributed by atoms with van der Waals surface area (Å²) in [6.07, 6.45) is 4.53. The van der Waals surface area contributed by atoms with Crippen LogP contribution in [-0.2, 0) is 0 Å². The number of aromatic nitrogens is 2. The topological polar surface area (TPSA) is 88.2 Å². The van der Waals surface area contributed by atoms with Crippen LogP contribution in [0.4, 0.5) is 15.8 Å². The summed E-state index contributed by atoms with van der Waals surface area (Å²) in [7, 11) is 0. The van der Waals surface area contributed by atoms with E-state index in [4.69, 9.17) is 4.42 Å². The average Bonchev–Trinajstić information content (AvgIpc) is 3.17. The third kappa shape index (κ3) is 3.26. The van der Waals surface area contributed by atoms with Gasteiger partial charge in [-0.2, -0.15) is 0 Å². The highest BCUT2D eigenvalue weighted by molar-refractivity contribution is 9.10. The van der Waals surface area contributed by atoms with Gasteiger partial charge in [-0.25, -0.2) is 14.2 Å². The number of nitrogens with one attached hydrogen (secondary N) is 1. The van der Waals surface area contributed by atoms with Crippen LogP contribution in [0.1, 0.15) is 10.4 Å². The standard InChI is InChI=1S/C19H11BrFN3O3/c20-10-1-3-15-12(7-10)17(14(9-23-15)18-22-5-6-27-18)24-16-4-2-11(21)8-13(16)19(25)26/h1-9H,(H,23,24)(H,25,26). The zero-order valence-electron chi connectivity index (χ0n) is 13.6. The molecular weight excluding hydrogens is 417 g/mol. The SMILES string of the molecule is O=C(O)c1cc(F)ccc1Nc1c(-c2ncco2)cnc2ccc(Br)cc12. The first kappa shape index (κ1) is 17.2. The molecule has 0 bridgehead atoms. The third-order valence-electron chi connectivity index (χ3n) is 3.96. The Labute approximate surface area is 160 Å². The number of oxazole rings is 1. The number of benzene rings is 2. The van der Waals surface area contributed by atoms with E-state index in [9.17, 15) is 14.3 Å². The van der Waals surface area contributed by atoms with E-state index in [-0.39, 0.29) is 11.3 Å². The minimum atomic E-state index is -1.24. The van der Waals surface area contributed by atoms with Crippen LogP contribution in [-0.4, -0.2) is 21.0 Å². The number of hydrogen-bond donors (Lipinski definition) is 2. The second-order valence-corrected chi connectivity index (χ2v) is 6.58. The molecule has 0 radical (unpaired) electrons. The maximum atomic E-state index is 13.5. The Bertz CT molecular complexity index is 1160. The quantitative estimate of drug-likeness (QED) is 0.463. The molecule has 0 fully saturated rings. The van der Waals surface area contributed by atoms with Gasteiger partial charge in [0.25, 0.3) is 0 Å². The minimum absolute atomic E-state index is 0.187. The molecule has 4 aromatic rings. The van der Waals surface area contributed by atoms with Crippen molar-refractivity contribution >= 4 is 44.2 Å². The van der Waals surface area contributed by atoms with E-state index in [0.717, 1.165) is 15.9 Å². The molecule has 0 unspecified atom stereocenters. The molecule has 0 aliphatic rings. The van der Waals surface area contributed by atoms with Crippen molar-refractivity contribution in [3.8, 4) is 11.5 Å². The van der Waals surface area contributed by atoms with Crippen LogP contribution in [0, 0.1) is 5.82 Å². The van der Waals surface area contributed by atoms with Crippen molar-refractivity contribution in [3.63, 3.8) is 0 Å². The minimum Gasteiger partial charge on any atom is -0.478 e. The molecule has 2 aromatic carbocycles. The number of carbonyl (C=O) groups is 1. The number of carboxylic acids is 1. The summed E-state index contributed by atoms with van der Waals surface area (Å²) in [5.41, 5.74) is 1.84. The van der Waals surface area contributed by atoms with Gasteiger partial charge >= 0.3 is 5.97 Å². The van der Waals surface area contributed by atoms with Gasteiger partial charge in [-0.05, 0) is 36.4 Å². The first-order chi connectivity index (χ1) is 13.0. The van der Waals surface area contributed by atoms with Crippen LogP contribution in [0.3, 0.4) is 0 Å². The van der Waals surface area contributed by atoms with Crippen molar-refractivity contribution in [3.05, 3.63) is 70.9 Å². The predicted molar refractivity (Wildman–Crippen MR) is 102 cm³/mol. The number of nitrogens with zero attached hydrogens (tertiary/aromatic N) is 2. The number of aromatic carboxylic acids is 1. The molecule has 0 amide bonds. The van der Waals surface area contributed by atoms with Gasteiger partial charge in [0.15, 0.2) is 0 Å². The van der Waals surface area contributed by atoms with E-state index in [1.165, 1.54) is 24.6 Å². The van der Waals surface area contributed by atoms with Gasteiger partial charge in [-0.15, -0.1) is 0 Å². The molecule has 2 aromatic heterocycles. The van der Waals surface area contributed by atoms with Crippen molar-refractivity contribution in [2.75, 3.05) is 5.32 Å². The van der Waals surface area contributed by atoms with Gasteiger partial charge in [-0.3, -0.25) is 4.98 Å². The lowest BCUT2D eigenvalue weighted by molar-refractivity contribution is 0.0697. The molecule has 2 N–H and O–H groups in total. The first-order valence-corrected chi connectivity index (χ1v) is 8.60. The fraction of sp³-hybridized carbons (Fsp3) is 0. The van der Waals surface area contributed by atoms with Crippen LogP contribution in [0.2, 0.25) is 0 Å². The summed E-state index contributed by atoms with van der Waals surface area (Å²) in [5, 5.41) is 13.2. The first-order valence-electron chi connectivity index (χ1n) is 7.81. The number of pyridine rings is 1. The molecule has 6 nitrogen and oxygen atoms in total. The molecule has 134 valence electrons. The van der Waals surface area contributed by atoms with Gasteiger partial charge in [0.2, 0.25) is 5.89 Å². The number of anilines is 2. The molecular formula is C19H11BrFN3O3. The Morgan fingerprint density at radius 1 is 1.19 bits per heavy atom. The zero-order valence-corrected chi connectivity index (χ0v) is 15.2. The van der Waals surface area contributed by atoms with Crippen LogP contribution < -0.4 is 5.32 Å². The summed E-state index contributed by atoms with van der Waals surface area (Å²) in [4.78, 5) is 20.1. The molecule has 2 heterocycles. The van der Waals surface area contributed by atoms with Crippen molar-refractivity contribution in [2.24, 2.45) is 0 Å². The van der Waals surface area contributed by atoms with E-state index < -0.39 is 11.8 Å². The summed E-state index contributed by atoms with van der Waals surface area (Å²) in [6, 6.07) is 9.06. The van der Waals surface area contributed by atoms with Crippen LogP contribution in [0.25, 0.3) is 22.4 Å². The molecule has 0 saturated carbocycles. The van der Waals surface area contributed by atoms with E-state index in [1.54, 1.807) is 6.20 Å². The second kappa shape index (κ2) is 6.81. The molecule has 0 aliphatic carbocycles. The van der Waals surface area contributed by atoms with Crippen molar-refractivity contribution in [1.82, 2.24) is 9.97 Å². The normalized spacial score (nSPS) is 10.9. The highest BCUT2D eigenvalue weighted by Gasteiger charge is 2.18. The Balaban J connectivity index is 1.96. The van der Waals surface area contributed by atoms with Crippen molar-refractivity contribution in [1.29, 1.82) is 0 Å². The zero-order chi connectivity index (χ0) is 19.0. The third-order valence-corrected chi connectivity index (χ3v) is 4.46. The lowest BCUT2D eigenvalue weighted by atomic mass is 10.1. The maximum absolute atomic E-state index is 13.5. The fourth-order valence-corrected chi connectivity index (χ4v) is 3.12.